The van der Waals surface area contributed by atoms with E-state index in [4.69, 9.17) is 10.5 Å². The average molecular weight is 297 g/mol. The molecular weight excluding hydrogens is 274 g/mol. The molecule has 0 aliphatic carbocycles. The summed E-state index contributed by atoms with van der Waals surface area (Å²) in [5, 5.41) is 3.13. The van der Waals surface area contributed by atoms with Gasteiger partial charge in [-0.25, -0.2) is 4.99 Å². The van der Waals surface area contributed by atoms with Gasteiger partial charge in [-0.2, -0.15) is 0 Å². The first-order valence-electron chi connectivity index (χ1n) is 7.59. The van der Waals surface area contributed by atoms with Gasteiger partial charge in [0, 0.05) is 11.3 Å². The third-order valence-electron chi connectivity index (χ3n) is 3.30. The van der Waals surface area contributed by atoms with Crippen LogP contribution in [0.25, 0.3) is 0 Å². The average Bonchev–Trinajstić information content (AvgIpc) is 2.54. The molecule has 116 valence electrons. The Balaban J connectivity index is 2.03. The molecular formula is C18H23N3O. The molecule has 0 amide bonds. The summed E-state index contributed by atoms with van der Waals surface area (Å²) in [7, 11) is 0. The minimum atomic E-state index is 0.402. The number of aryl methyl sites for hydroxylation is 1. The summed E-state index contributed by atoms with van der Waals surface area (Å²) in [4.78, 5) is 4.39. The van der Waals surface area contributed by atoms with E-state index < -0.39 is 0 Å². The quantitative estimate of drug-likeness (QED) is 0.633. The van der Waals surface area contributed by atoms with Gasteiger partial charge in [0.25, 0.3) is 0 Å². The number of hydrogen-bond donors (Lipinski definition) is 2. The van der Waals surface area contributed by atoms with Crippen LogP contribution in [-0.4, -0.2) is 12.6 Å². The lowest BCUT2D eigenvalue weighted by atomic mass is 10.1. The summed E-state index contributed by atoms with van der Waals surface area (Å²) < 4.78 is 5.59. The molecule has 0 aliphatic heterocycles. The van der Waals surface area contributed by atoms with Crippen molar-refractivity contribution in [3.05, 3.63) is 59.7 Å². The van der Waals surface area contributed by atoms with Gasteiger partial charge < -0.3 is 15.8 Å². The Kier molecular flexibility index (Phi) is 5.83. The zero-order valence-electron chi connectivity index (χ0n) is 13.2. The number of anilines is 1. The molecule has 2 rings (SSSR count). The number of guanidine groups is 1. The van der Waals surface area contributed by atoms with Gasteiger partial charge in [0.15, 0.2) is 5.96 Å². The molecule has 0 atom stereocenters. The number of rotatable bonds is 6. The van der Waals surface area contributed by atoms with Crippen LogP contribution >= 0.6 is 0 Å². The highest BCUT2D eigenvalue weighted by atomic mass is 16.5. The number of aliphatic imine (C=N–C) groups is 1. The van der Waals surface area contributed by atoms with Crippen molar-refractivity contribution in [2.24, 2.45) is 10.7 Å². The summed E-state index contributed by atoms with van der Waals surface area (Å²) in [5.41, 5.74) is 9.21. The largest absolute Gasteiger partial charge is 0.494 e. The summed E-state index contributed by atoms with van der Waals surface area (Å²) in [5.74, 6) is 1.26. The molecule has 2 aromatic rings. The summed E-state index contributed by atoms with van der Waals surface area (Å²) >= 11 is 0. The molecule has 22 heavy (non-hydrogen) atoms. The van der Waals surface area contributed by atoms with Gasteiger partial charge >= 0.3 is 0 Å². The molecule has 0 bridgehead atoms. The van der Waals surface area contributed by atoms with Crippen LogP contribution in [0.3, 0.4) is 0 Å². The van der Waals surface area contributed by atoms with E-state index in [-0.39, 0.29) is 0 Å². The predicted octanol–water partition coefficient (Wildman–Crippen LogP) is 3.57. The first kappa shape index (κ1) is 15.9. The van der Waals surface area contributed by atoms with Crippen LogP contribution in [-0.2, 0) is 13.0 Å². The Hall–Kier alpha value is -2.49. The van der Waals surface area contributed by atoms with E-state index in [0.717, 1.165) is 23.4 Å². The van der Waals surface area contributed by atoms with Crippen molar-refractivity contribution in [1.82, 2.24) is 0 Å². The number of para-hydroxylation sites is 1. The Labute approximate surface area is 132 Å². The standard InChI is InChI=1S/C18H23N3O/c1-3-14-8-7-10-16(12-14)21-18(19)20-13-15-9-5-6-11-17(15)22-4-2/h5-12H,3-4,13H2,1-2H3,(H3,19,20,21). The molecule has 0 radical (unpaired) electrons. The predicted molar refractivity (Wildman–Crippen MR) is 92.4 cm³/mol. The fourth-order valence-electron chi connectivity index (χ4n) is 2.16. The normalized spacial score (nSPS) is 11.3. The second kappa shape index (κ2) is 8.08. The maximum atomic E-state index is 5.97. The van der Waals surface area contributed by atoms with Crippen molar-refractivity contribution >= 4 is 11.6 Å². The summed E-state index contributed by atoms with van der Waals surface area (Å²) in [6.07, 6.45) is 0.994. The second-order valence-electron chi connectivity index (χ2n) is 4.92. The van der Waals surface area contributed by atoms with Crippen LogP contribution in [0, 0.1) is 0 Å². The van der Waals surface area contributed by atoms with Crippen molar-refractivity contribution in [3.8, 4) is 5.75 Å². The van der Waals surface area contributed by atoms with Gasteiger partial charge in [-0.3, -0.25) is 0 Å². The molecule has 0 aliphatic rings. The molecule has 3 N–H and O–H groups in total. The molecule has 0 unspecified atom stereocenters. The van der Waals surface area contributed by atoms with Gasteiger partial charge in [0.2, 0.25) is 0 Å². The van der Waals surface area contributed by atoms with Crippen LogP contribution in [0.1, 0.15) is 25.0 Å². The smallest absolute Gasteiger partial charge is 0.193 e. The van der Waals surface area contributed by atoms with Crippen LogP contribution in [0.5, 0.6) is 5.75 Å². The number of nitrogens with one attached hydrogen (secondary N) is 1. The van der Waals surface area contributed by atoms with Crippen molar-refractivity contribution < 1.29 is 4.74 Å². The van der Waals surface area contributed by atoms with Crippen LogP contribution < -0.4 is 15.8 Å². The SMILES string of the molecule is CCOc1ccccc1CN=C(N)Nc1cccc(CC)c1. The third-order valence-corrected chi connectivity index (χ3v) is 3.30. The van der Waals surface area contributed by atoms with Gasteiger partial charge in [-0.1, -0.05) is 37.3 Å². The van der Waals surface area contributed by atoms with Crippen molar-refractivity contribution in [1.29, 1.82) is 0 Å². The molecule has 0 aromatic heterocycles. The van der Waals surface area contributed by atoms with Gasteiger partial charge in [0.05, 0.1) is 13.2 Å². The molecule has 0 saturated carbocycles. The number of nitrogens with two attached hydrogens (primary N) is 1. The number of benzene rings is 2. The summed E-state index contributed by atoms with van der Waals surface area (Å²) in [6, 6.07) is 16.0. The molecule has 0 spiro atoms. The van der Waals surface area contributed by atoms with Crippen molar-refractivity contribution in [3.63, 3.8) is 0 Å². The van der Waals surface area contributed by atoms with Gasteiger partial charge in [0.1, 0.15) is 5.75 Å². The van der Waals surface area contributed by atoms with Gasteiger partial charge in [-0.15, -0.1) is 0 Å². The lowest BCUT2D eigenvalue weighted by Gasteiger charge is -2.09. The van der Waals surface area contributed by atoms with E-state index in [1.165, 1.54) is 5.56 Å². The molecule has 0 fully saturated rings. The maximum absolute atomic E-state index is 5.97. The maximum Gasteiger partial charge on any atom is 0.193 e. The summed E-state index contributed by atoms with van der Waals surface area (Å²) in [6.45, 7) is 5.22. The fraction of sp³-hybridized carbons (Fsp3) is 0.278. The van der Waals surface area contributed by atoms with Crippen LogP contribution in [0.15, 0.2) is 53.5 Å². The highest BCUT2D eigenvalue weighted by Gasteiger charge is 2.02. The Morgan fingerprint density at radius 1 is 1.14 bits per heavy atom. The number of hydrogen-bond acceptors (Lipinski definition) is 2. The van der Waals surface area contributed by atoms with Gasteiger partial charge in [-0.05, 0) is 37.1 Å². The zero-order valence-corrected chi connectivity index (χ0v) is 13.2. The van der Waals surface area contributed by atoms with Crippen LogP contribution in [0.2, 0.25) is 0 Å². The second-order valence-corrected chi connectivity index (χ2v) is 4.92. The molecule has 2 aromatic carbocycles. The van der Waals surface area contributed by atoms with E-state index in [1.807, 2.05) is 43.3 Å². The van der Waals surface area contributed by atoms with E-state index >= 15 is 0 Å². The first-order valence-corrected chi connectivity index (χ1v) is 7.59. The highest BCUT2D eigenvalue weighted by molar-refractivity contribution is 5.92. The molecule has 0 heterocycles. The topological polar surface area (TPSA) is 59.6 Å². The molecule has 0 saturated heterocycles. The third kappa shape index (κ3) is 4.52. The Morgan fingerprint density at radius 3 is 2.73 bits per heavy atom. The van der Waals surface area contributed by atoms with E-state index in [9.17, 15) is 0 Å². The number of nitrogens with zero attached hydrogens (tertiary/aromatic N) is 1. The van der Waals surface area contributed by atoms with E-state index in [0.29, 0.717) is 19.1 Å². The van der Waals surface area contributed by atoms with E-state index in [1.54, 1.807) is 0 Å². The fourth-order valence-corrected chi connectivity index (χ4v) is 2.16. The van der Waals surface area contributed by atoms with Crippen LogP contribution in [0.4, 0.5) is 5.69 Å². The first-order chi connectivity index (χ1) is 10.7. The zero-order chi connectivity index (χ0) is 15.8. The Morgan fingerprint density at radius 2 is 1.95 bits per heavy atom. The lowest BCUT2D eigenvalue weighted by Crippen LogP contribution is -2.22. The lowest BCUT2D eigenvalue weighted by molar-refractivity contribution is 0.336. The molecule has 4 nitrogen and oxygen atoms in total. The van der Waals surface area contributed by atoms with Crippen molar-refractivity contribution in [2.45, 2.75) is 26.8 Å². The highest BCUT2D eigenvalue weighted by Crippen LogP contribution is 2.18. The molecule has 4 heteroatoms. The minimum Gasteiger partial charge on any atom is -0.494 e. The monoisotopic (exact) mass is 297 g/mol. The number of ether oxygens (including phenoxy) is 1. The Bertz CT molecular complexity index is 638. The minimum absolute atomic E-state index is 0.402. The van der Waals surface area contributed by atoms with Crippen molar-refractivity contribution in [2.75, 3.05) is 11.9 Å². The van der Waals surface area contributed by atoms with E-state index in [2.05, 4.69) is 29.4 Å².